The SMILES string of the molecule is CC(C)c1cccc(C(C)C)c1NC(=O)CN1C(=O)COc2ccccc21. The van der Waals surface area contributed by atoms with Crippen LogP contribution in [0.5, 0.6) is 5.75 Å². The van der Waals surface area contributed by atoms with Crippen LogP contribution in [-0.2, 0) is 9.59 Å². The summed E-state index contributed by atoms with van der Waals surface area (Å²) in [6, 6.07) is 13.4. The predicted octanol–water partition coefficient (Wildman–Crippen LogP) is 4.30. The first kappa shape index (κ1) is 19.0. The van der Waals surface area contributed by atoms with E-state index in [0.29, 0.717) is 11.4 Å². The molecule has 0 saturated carbocycles. The first-order chi connectivity index (χ1) is 12.9. The Morgan fingerprint density at radius 3 is 2.30 bits per heavy atom. The van der Waals surface area contributed by atoms with Gasteiger partial charge in [0.25, 0.3) is 5.91 Å². The van der Waals surface area contributed by atoms with Gasteiger partial charge in [0.1, 0.15) is 12.3 Å². The van der Waals surface area contributed by atoms with Crippen molar-refractivity contribution >= 4 is 23.2 Å². The van der Waals surface area contributed by atoms with Gasteiger partial charge in [0.15, 0.2) is 6.61 Å². The summed E-state index contributed by atoms with van der Waals surface area (Å²) in [6.45, 7) is 8.34. The van der Waals surface area contributed by atoms with Crippen molar-refractivity contribution in [2.24, 2.45) is 0 Å². The molecule has 0 bridgehead atoms. The van der Waals surface area contributed by atoms with Gasteiger partial charge in [0.05, 0.1) is 5.69 Å². The fraction of sp³-hybridized carbons (Fsp3) is 0.364. The van der Waals surface area contributed by atoms with Crippen molar-refractivity contribution in [1.29, 1.82) is 0 Å². The van der Waals surface area contributed by atoms with Crippen LogP contribution >= 0.6 is 0 Å². The zero-order valence-electron chi connectivity index (χ0n) is 16.3. The topological polar surface area (TPSA) is 58.6 Å². The van der Waals surface area contributed by atoms with Crippen molar-refractivity contribution in [3.63, 3.8) is 0 Å². The van der Waals surface area contributed by atoms with E-state index in [1.54, 1.807) is 12.1 Å². The highest BCUT2D eigenvalue weighted by Gasteiger charge is 2.27. The first-order valence-corrected chi connectivity index (χ1v) is 9.33. The Morgan fingerprint density at radius 2 is 1.67 bits per heavy atom. The molecule has 0 radical (unpaired) electrons. The summed E-state index contributed by atoms with van der Waals surface area (Å²) >= 11 is 0. The molecule has 1 N–H and O–H groups in total. The van der Waals surface area contributed by atoms with Crippen molar-refractivity contribution < 1.29 is 14.3 Å². The summed E-state index contributed by atoms with van der Waals surface area (Å²) in [4.78, 5) is 26.6. The zero-order valence-corrected chi connectivity index (χ0v) is 16.3. The maximum absolute atomic E-state index is 12.8. The number of carbonyl (C=O) groups excluding carboxylic acids is 2. The molecule has 1 aliphatic heterocycles. The van der Waals surface area contributed by atoms with Crippen molar-refractivity contribution in [3.05, 3.63) is 53.6 Å². The molecule has 2 amide bonds. The molecule has 0 aliphatic carbocycles. The highest BCUT2D eigenvalue weighted by molar-refractivity contribution is 6.05. The molecule has 0 unspecified atom stereocenters. The third-order valence-corrected chi connectivity index (χ3v) is 4.75. The van der Waals surface area contributed by atoms with Gasteiger partial charge in [-0.1, -0.05) is 58.0 Å². The van der Waals surface area contributed by atoms with Gasteiger partial charge in [-0.25, -0.2) is 0 Å². The number of nitrogens with one attached hydrogen (secondary N) is 1. The van der Waals surface area contributed by atoms with Crippen molar-refractivity contribution in [3.8, 4) is 5.75 Å². The summed E-state index contributed by atoms with van der Waals surface area (Å²) in [5.41, 5.74) is 3.69. The van der Waals surface area contributed by atoms with E-state index in [-0.39, 0.29) is 36.8 Å². The minimum absolute atomic E-state index is 0.0385. The number of fused-ring (bicyclic) bond motifs is 1. The second kappa shape index (κ2) is 7.82. The van der Waals surface area contributed by atoms with E-state index in [1.165, 1.54) is 4.90 Å². The summed E-state index contributed by atoms with van der Waals surface area (Å²) in [5, 5.41) is 3.07. The number of ether oxygens (including phenoxy) is 1. The summed E-state index contributed by atoms with van der Waals surface area (Å²) in [5.74, 6) is 0.755. The van der Waals surface area contributed by atoms with Crippen molar-refractivity contribution in [2.75, 3.05) is 23.4 Å². The molecule has 27 heavy (non-hydrogen) atoms. The Hall–Kier alpha value is -2.82. The minimum atomic E-state index is -0.218. The molecular weight excluding hydrogens is 340 g/mol. The highest BCUT2D eigenvalue weighted by Crippen LogP contribution is 2.33. The van der Waals surface area contributed by atoms with Gasteiger partial charge in [-0.15, -0.1) is 0 Å². The molecule has 0 aromatic heterocycles. The van der Waals surface area contributed by atoms with E-state index in [9.17, 15) is 9.59 Å². The van der Waals surface area contributed by atoms with Gasteiger partial charge in [-0.2, -0.15) is 0 Å². The van der Waals surface area contributed by atoms with Gasteiger partial charge in [-0.3, -0.25) is 14.5 Å². The molecule has 3 rings (SSSR count). The van der Waals surface area contributed by atoms with Gasteiger partial charge in [-0.05, 0) is 35.1 Å². The lowest BCUT2D eigenvalue weighted by molar-refractivity contribution is -0.123. The van der Waals surface area contributed by atoms with Crippen LogP contribution in [0.15, 0.2) is 42.5 Å². The summed E-state index contributed by atoms with van der Waals surface area (Å²) < 4.78 is 5.44. The van der Waals surface area contributed by atoms with Crippen LogP contribution in [0.4, 0.5) is 11.4 Å². The van der Waals surface area contributed by atoms with E-state index < -0.39 is 0 Å². The molecule has 142 valence electrons. The number of carbonyl (C=O) groups is 2. The fourth-order valence-corrected chi connectivity index (χ4v) is 3.35. The molecule has 1 aliphatic rings. The average Bonchev–Trinajstić information content (AvgIpc) is 2.64. The smallest absolute Gasteiger partial charge is 0.265 e. The number of anilines is 2. The molecule has 0 saturated heterocycles. The van der Waals surface area contributed by atoms with E-state index in [4.69, 9.17) is 4.74 Å². The number of nitrogens with zero attached hydrogens (tertiary/aromatic N) is 1. The molecule has 5 heteroatoms. The van der Waals surface area contributed by atoms with Gasteiger partial charge < -0.3 is 10.1 Å². The maximum Gasteiger partial charge on any atom is 0.265 e. The van der Waals surface area contributed by atoms with E-state index in [1.807, 2.05) is 30.3 Å². The minimum Gasteiger partial charge on any atom is -0.482 e. The lowest BCUT2D eigenvalue weighted by Crippen LogP contribution is -2.43. The van der Waals surface area contributed by atoms with E-state index in [0.717, 1.165) is 16.8 Å². The zero-order chi connectivity index (χ0) is 19.6. The normalized spacial score (nSPS) is 13.6. The maximum atomic E-state index is 12.8. The first-order valence-electron chi connectivity index (χ1n) is 9.33. The van der Waals surface area contributed by atoms with Crippen LogP contribution in [0.2, 0.25) is 0 Å². The van der Waals surface area contributed by atoms with Crippen LogP contribution in [0.25, 0.3) is 0 Å². The molecule has 2 aromatic rings. The molecule has 0 spiro atoms. The standard InChI is InChI=1S/C22H26N2O3/c1-14(2)16-8-7-9-17(15(3)4)22(16)23-20(25)12-24-18-10-5-6-11-19(18)27-13-21(24)26/h5-11,14-15H,12-13H2,1-4H3,(H,23,25). The Morgan fingerprint density at radius 1 is 1.04 bits per heavy atom. The quantitative estimate of drug-likeness (QED) is 0.858. The third kappa shape index (κ3) is 3.97. The number of amides is 2. The third-order valence-electron chi connectivity index (χ3n) is 4.75. The molecule has 5 nitrogen and oxygen atoms in total. The summed E-state index contributed by atoms with van der Waals surface area (Å²) in [7, 11) is 0. The van der Waals surface area contributed by atoms with Crippen LogP contribution in [0, 0.1) is 0 Å². The Balaban J connectivity index is 1.86. The number of hydrogen-bond donors (Lipinski definition) is 1. The highest BCUT2D eigenvalue weighted by atomic mass is 16.5. The van der Waals surface area contributed by atoms with Gasteiger partial charge >= 0.3 is 0 Å². The van der Waals surface area contributed by atoms with Gasteiger partial charge in [0, 0.05) is 5.69 Å². The summed E-state index contributed by atoms with van der Waals surface area (Å²) in [6.07, 6.45) is 0. The van der Waals surface area contributed by atoms with Gasteiger partial charge in [0.2, 0.25) is 5.91 Å². The van der Waals surface area contributed by atoms with Crippen LogP contribution < -0.4 is 15.0 Å². The Bertz CT molecular complexity index is 832. The predicted molar refractivity (Wildman–Crippen MR) is 108 cm³/mol. The van der Waals surface area contributed by atoms with Crippen molar-refractivity contribution in [1.82, 2.24) is 0 Å². The fourth-order valence-electron chi connectivity index (χ4n) is 3.35. The lowest BCUT2D eigenvalue weighted by atomic mass is 9.92. The monoisotopic (exact) mass is 366 g/mol. The largest absolute Gasteiger partial charge is 0.482 e. The average molecular weight is 366 g/mol. The molecule has 0 atom stereocenters. The van der Waals surface area contributed by atoms with E-state index >= 15 is 0 Å². The molecular formula is C22H26N2O3. The van der Waals surface area contributed by atoms with Crippen LogP contribution in [0.3, 0.4) is 0 Å². The van der Waals surface area contributed by atoms with Crippen LogP contribution in [-0.4, -0.2) is 25.0 Å². The van der Waals surface area contributed by atoms with E-state index in [2.05, 4.69) is 33.0 Å². The second-order valence-electron chi connectivity index (χ2n) is 7.41. The number of rotatable bonds is 5. The molecule has 1 heterocycles. The molecule has 0 fully saturated rings. The number of benzene rings is 2. The van der Waals surface area contributed by atoms with Crippen molar-refractivity contribution in [2.45, 2.75) is 39.5 Å². The van der Waals surface area contributed by atoms with Crippen LogP contribution in [0.1, 0.15) is 50.7 Å². The Labute approximate surface area is 160 Å². The number of para-hydroxylation sites is 3. The number of hydrogen-bond acceptors (Lipinski definition) is 3. The lowest BCUT2D eigenvalue weighted by Gasteiger charge is -2.29. The second-order valence-corrected chi connectivity index (χ2v) is 7.41. The Kier molecular flexibility index (Phi) is 5.49. The molecule has 2 aromatic carbocycles.